The smallest absolute Gasteiger partial charge is 0.326 e. The van der Waals surface area contributed by atoms with Gasteiger partial charge in [-0.1, -0.05) is 29.3 Å². The Labute approximate surface area is 273 Å². The number of allylic oxidation sites excluding steroid dienone is 2. The minimum absolute atomic E-state index is 0.00126. The van der Waals surface area contributed by atoms with E-state index in [-0.39, 0.29) is 36.6 Å². The molecule has 252 valence electrons. The van der Waals surface area contributed by atoms with E-state index in [4.69, 9.17) is 23.2 Å². The van der Waals surface area contributed by atoms with Gasteiger partial charge < -0.3 is 9.80 Å². The number of rotatable bonds is 12. The molecule has 2 heterocycles. The molecule has 2 aromatic carbocycles. The van der Waals surface area contributed by atoms with Gasteiger partial charge in [-0.25, -0.2) is 13.5 Å². The number of imidazole rings is 1. The predicted octanol–water partition coefficient (Wildman–Crippen LogP) is 6.17. The van der Waals surface area contributed by atoms with Gasteiger partial charge in [-0.2, -0.15) is 30.0 Å². The minimum atomic E-state index is -4.76. The van der Waals surface area contributed by atoms with Gasteiger partial charge in [-0.15, -0.1) is 0 Å². The number of aromatic nitrogens is 2. The van der Waals surface area contributed by atoms with Crippen molar-refractivity contribution in [3.8, 4) is 0 Å². The molecule has 0 fully saturated rings. The van der Waals surface area contributed by atoms with E-state index in [9.17, 15) is 43.5 Å². The molecule has 0 atom stereocenters. The highest BCUT2D eigenvalue weighted by atomic mass is 35.5. The van der Waals surface area contributed by atoms with Crippen LogP contribution in [0.5, 0.6) is 0 Å². The second-order valence-corrected chi connectivity index (χ2v) is 14.3. The summed E-state index contributed by atoms with van der Waals surface area (Å²) in [6.07, 6.45) is -0.00662. The third-order valence-electron chi connectivity index (χ3n) is 7.35. The van der Waals surface area contributed by atoms with Crippen molar-refractivity contribution in [2.24, 2.45) is 0 Å². The summed E-state index contributed by atoms with van der Waals surface area (Å²) in [5.41, 5.74) is 0.403. The fraction of sp³-hybridized carbons (Fsp3) is 0.393. The van der Waals surface area contributed by atoms with Gasteiger partial charge in [0.15, 0.2) is 11.0 Å². The SMILES string of the molecule is CCN1C(=CC=Cc2n(CC)c3cc(Cl)c(F)cc3[n+]2CCCS(=O)(=O)O)N(CCCS(=O)(=O)O)c2cc(C(F)(F)F)c(Cl)cc21. The third kappa shape index (κ3) is 7.97. The fourth-order valence-corrected chi connectivity index (χ4v) is 6.88. The van der Waals surface area contributed by atoms with Crippen LogP contribution in [-0.2, 0) is 39.5 Å². The zero-order valence-electron chi connectivity index (χ0n) is 24.6. The average Bonchev–Trinajstić information content (AvgIpc) is 3.36. The largest absolute Gasteiger partial charge is 0.417 e. The lowest BCUT2D eigenvalue weighted by molar-refractivity contribution is -0.673. The molecule has 0 unspecified atom stereocenters. The first kappa shape index (κ1) is 36.0. The maximum atomic E-state index is 14.5. The molecule has 1 aliphatic heterocycles. The van der Waals surface area contributed by atoms with Crippen molar-refractivity contribution in [1.29, 1.82) is 0 Å². The summed E-state index contributed by atoms with van der Waals surface area (Å²) in [6.45, 7) is 4.31. The van der Waals surface area contributed by atoms with Crippen molar-refractivity contribution in [2.75, 3.05) is 34.4 Å². The first-order valence-electron chi connectivity index (χ1n) is 14.0. The summed E-state index contributed by atoms with van der Waals surface area (Å²) in [4.78, 5) is 3.20. The average molecular weight is 731 g/mol. The molecule has 46 heavy (non-hydrogen) atoms. The quantitative estimate of drug-likeness (QED) is 0.129. The number of fused-ring (bicyclic) bond motifs is 2. The van der Waals surface area contributed by atoms with Gasteiger partial charge in [0.1, 0.15) is 11.6 Å². The van der Waals surface area contributed by atoms with Crippen LogP contribution < -0.4 is 14.4 Å². The van der Waals surface area contributed by atoms with E-state index in [1.54, 1.807) is 34.6 Å². The summed E-state index contributed by atoms with van der Waals surface area (Å²) in [5, 5.41) is -0.633. The maximum absolute atomic E-state index is 14.5. The summed E-state index contributed by atoms with van der Waals surface area (Å²) < 4.78 is 123. The number of hydrogen-bond donors (Lipinski definition) is 2. The molecule has 0 saturated heterocycles. The first-order valence-corrected chi connectivity index (χ1v) is 18.0. The molecule has 0 spiro atoms. The van der Waals surface area contributed by atoms with Gasteiger partial charge in [-0.05, 0) is 38.5 Å². The van der Waals surface area contributed by atoms with E-state index < -0.39 is 54.3 Å². The zero-order valence-corrected chi connectivity index (χ0v) is 27.7. The van der Waals surface area contributed by atoms with Crippen molar-refractivity contribution in [3.05, 3.63) is 69.5 Å². The van der Waals surface area contributed by atoms with Gasteiger partial charge in [0.2, 0.25) is 0 Å². The number of hydrogen-bond acceptors (Lipinski definition) is 6. The summed E-state index contributed by atoms with van der Waals surface area (Å²) in [5.74, 6) is -0.945. The topological polar surface area (TPSA) is 124 Å². The molecule has 3 aromatic rings. The Morgan fingerprint density at radius 1 is 0.891 bits per heavy atom. The number of halogens is 6. The number of aryl methyl sites for hydroxylation is 2. The highest BCUT2D eigenvalue weighted by Crippen LogP contribution is 2.47. The van der Waals surface area contributed by atoms with E-state index in [0.29, 0.717) is 41.5 Å². The summed E-state index contributed by atoms with van der Waals surface area (Å²) >= 11 is 12.1. The van der Waals surface area contributed by atoms with Gasteiger partial charge in [0, 0.05) is 37.7 Å². The van der Waals surface area contributed by atoms with E-state index in [2.05, 4.69) is 0 Å². The monoisotopic (exact) mass is 729 g/mol. The van der Waals surface area contributed by atoms with Crippen molar-refractivity contribution < 1.29 is 48.1 Å². The molecule has 1 aromatic heterocycles. The van der Waals surface area contributed by atoms with Crippen LogP contribution in [0.3, 0.4) is 0 Å². The van der Waals surface area contributed by atoms with Crippen LogP contribution in [0.4, 0.5) is 28.9 Å². The van der Waals surface area contributed by atoms with Crippen molar-refractivity contribution in [2.45, 2.75) is 46.0 Å². The number of anilines is 2. The highest BCUT2D eigenvalue weighted by molar-refractivity contribution is 7.86. The molecule has 10 nitrogen and oxygen atoms in total. The van der Waals surface area contributed by atoms with Crippen molar-refractivity contribution in [3.63, 3.8) is 0 Å². The number of nitrogens with zero attached hydrogens (tertiary/aromatic N) is 4. The van der Waals surface area contributed by atoms with Crippen LogP contribution in [0.15, 0.2) is 42.2 Å². The molecule has 0 bridgehead atoms. The Bertz CT molecular complexity index is 1930. The van der Waals surface area contributed by atoms with Crippen LogP contribution in [-0.4, -0.2) is 55.1 Å². The molecule has 0 aliphatic carbocycles. The lowest BCUT2D eigenvalue weighted by Gasteiger charge is -2.24. The Morgan fingerprint density at radius 2 is 1.52 bits per heavy atom. The molecule has 2 N–H and O–H groups in total. The van der Waals surface area contributed by atoms with Gasteiger partial charge in [0.25, 0.3) is 26.1 Å². The molecule has 1 aliphatic rings. The first-order chi connectivity index (χ1) is 21.4. The van der Waals surface area contributed by atoms with Crippen LogP contribution in [0.2, 0.25) is 10.0 Å². The van der Waals surface area contributed by atoms with Gasteiger partial charge >= 0.3 is 6.18 Å². The molecular weight excluding hydrogens is 699 g/mol. The second kappa shape index (κ2) is 13.7. The van der Waals surface area contributed by atoms with E-state index in [1.807, 2.05) is 11.5 Å². The standard InChI is InChI=1S/C28H30Cl2F4N4O6S2/c1-3-35-23-15-19(29)18(28(32,33)34)14-22(23)37(10-6-12-45(39,40)41)26(35)8-5-9-27-36(4-2)24-16-20(30)21(31)17-25(24)38(27)11-7-13-46(42,43)44/h5,8-9,14-17H,3-4,6-7,10-13H2,1-2H3,(H-,39,40,41,42,43,44)/p+1. The highest BCUT2D eigenvalue weighted by Gasteiger charge is 2.38. The Kier molecular flexibility index (Phi) is 10.7. The third-order valence-corrected chi connectivity index (χ3v) is 9.56. The van der Waals surface area contributed by atoms with Crippen LogP contribution in [0.1, 0.15) is 38.1 Å². The van der Waals surface area contributed by atoms with E-state index in [0.717, 1.165) is 6.07 Å². The van der Waals surface area contributed by atoms with Crippen LogP contribution in [0.25, 0.3) is 17.1 Å². The van der Waals surface area contributed by atoms with Gasteiger partial charge in [-0.3, -0.25) is 9.11 Å². The number of benzene rings is 2. The Morgan fingerprint density at radius 3 is 2.11 bits per heavy atom. The lowest BCUT2D eigenvalue weighted by Crippen LogP contribution is -2.37. The Balaban J connectivity index is 1.84. The zero-order chi connectivity index (χ0) is 34.2. The van der Waals surface area contributed by atoms with E-state index >= 15 is 0 Å². The molecule has 0 amide bonds. The van der Waals surface area contributed by atoms with Gasteiger partial charge in [0.05, 0.1) is 51.6 Å². The minimum Gasteiger partial charge on any atom is -0.326 e. The summed E-state index contributed by atoms with van der Waals surface area (Å²) in [7, 11) is -8.60. The number of alkyl halides is 3. The predicted molar refractivity (Wildman–Crippen MR) is 169 cm³/mol. The Hall–Kier alpha value is -2.89. The van der Waals surface area contributed by atoms with Crippen molar-refractivity contribution in [1.82, 2.24) is 4.57 Å². The normalized spacial score (nSPS) is 15.2. The second-order valence-electron chi connectivity index (χ2n) is 10.4. The van der Waals surface area contributed by atoms with Crippen LogP contribution >= 0.6 is 23.2 Å². The van der Waals surface area contributed by atoms with E-state index in [1.165, 1.54) is 23.1 Å². The molecular formula is C28H31Cl2F4N4O6S2+. The molecule has 0 radical (unpaired) electrons. The molecule has 0 saturated carbocycles. The maximum Gasteiger partial charge on any atom is 0.417 e. The fourth-order valence-electron chi connectivity index (χ4n) is 5.47. The van der Waals surface area contributed by atoms with Crippen LogP contribution in [0, 0.1) is 5.82 Å². The summed E-state index contributed by atoms with van der Waals surface area (Å²) in [6, 6.07) is 4.75. The molecule has 18 heteroatoms. The van der Waals surface area contributed by atoms with Crippen molar-refractivity contribution >= 4 is 71.9 Å². The lowest BCUT2D eigenvalue weighted by atomic mass is 10.1. The molecule has 4 rings (SSSR count).